The van der Waals surface area contributed by atoms with Crippen molar-refractivity contribution in [3.63, 3.8) is 0 Å². The number of nitrogens with zero attached hydrogens (tertiary/aromatic N) is 3. The van der Waals surface area contributed by atoms with Gasteiger partial charge in [-0.15, -0.1) is 0 Å². The molecule has 0 fully saturated rings. The van der Waals surface area contributed by atoms with E-state index in [9.17, 15) is 0 Å². The Kier molecular flexibility index (Phi) is 9.14. The molecular formula is C8H27N3Si3. The quantitative estimate of drug-likeness (QED) is 0.473. The van der Waals surface area contributed by atoms with Crippen LogP contribution in [-0.2, 0) is 0 Å². The van der Waals surface area contributed by atoms with Gasteiger partial charge in [0.25, 0.3) is 0 Å². The van der Waals surface area contributed by atoms with E-state index in [1.165, 1.54) is 36.6 Å². The van der Waals surface area contributed by atoms with Gasteiger partial charge in [-0.1, -0.05) is 27.7 Å². The second-order valence-corrected chi connectivity index (χ2v) is 12.9. The minimum Gasteiger partial charge on any atom is -0.361 e. The fourth-order valence-corrected chi connectivity index (χ4v) is 8.20. The van der Waals surface area contributed by atoms with Gasteiger partial charge in [0.2, 0.25) is 0 Å². The molecular weight excluding hydrogens is 222 g/mol. The fourth-order valence-electron chi connectivity index (χ4n) is 1.57. The standard InChI is InChI=1S/C8H27N3Si3/c1-5-9(6-2)13-11(12)14-10(7-3)8-4/h5-8,13-14H2,1-4,12H3. The fraction of sp³-hybridized carbons (Fsp3) is 1.00. The Morgan fingerprint density at radius 3 is 1.29 bits per heavy atom. The molecule has 0 bridgehead atoms. The van der Waals surface area contributed by atoms with Crippen LogP contribution in [0.5, 0.6) is 0 Å². The minimum atomic E-state index is -0.0633. The first-order valence-electron chi connectivity index (χ1n) is 5.81. The second kappa shape index (κ2) is 8.81. The van der Waals surface area contributed by atoms with Crippen LogP contribution in [0.15, 0.2) is 0 Å². The third-order valence-electron chi connectivity index (χ3n) is 2.67. The molecule has 0 aromatic rings. The summed E-state index contributed by atoms with van der Waals surface area (Å²) in [6.07, 6.45) is 0. The van der Waals surface area contributed by atoms with Crippen molar-refractivity contribution < 1.29 is 0 Å². The molecule has 6 heteroatoms. The first kappa shape index (κ1) is 14.5. The van der Waals surface area contributed by atoms with Crippen molar-refractivity contribution in [2.75, 3.05) is 26.2 Å². The van der Waals surface area contributed by atoms with Gasteiger partial charge in [0, 0.05) is 0 Å². The van der Waals surface area contributed by atoms with Gasteiger partial charge in [0.05, 0.1) is 10.4 Å². The summed E-state index contributed by atoms with van der Waals surface area (Å²) < 4.78 is 8.08. The van der Waals surface area contributed by atoms with Gasteiger partial charge < -0.3 is 13.0 Å². The molecule has 0 spiro atoms. The topological polar surface area (TPSA) is 9.72 Å². The van der Waals surface area contributed by atoms with Crippen LogP contribution >= 0.6 is 0 Å². The summed E-state index contributed by atoms with van der Waals surface area (Å²) in [4.78, 5) is 0. The van der Waals surface area contributed by atoms with Crippen molar-refractivity contribution >= 4 is 30.1 Å². The molecule has 14 heavy (non-hydrogen) atoms. The lowest BCUT2D eigenvalue weighted by atomic mass is 10.7. The SMILES string of the molecule is CCN(CC)[SiH2]N([SiH3])[SiH2]N(CC)CC. The van der Waals surface area contributed by atoms with Crippen LogP contribution in [0.25, 0.3) is 0 Å². The van der Waals surface area contributed by atoms with Crippen molar-refractivity contribution in [3.8, 4) is 0 Å². The Labute approximate surface area is 97.3 Å². The molecule has 0 aliphatic heterocycles. The van der Waals surface area contributed by atoms with Crippen molar-refractivity contribution in [1.29, 1.82) is 0 Å². The molecule has 0 heterocycles. The lowest BCUT2D eigenvalue weighted by Gasteiger charge is -2.29. The Morgan fingerprint density at radius 2 is 1.07 bits per heavy atom. The summed E-state index contributed by atoms with van der Waals surface area (Å²) in [5, 5.41) is 0. The van der Waals surface area contributed by atoms with Gasteiger partial charge in [0.1, 0.15) is 0 Å². The molecule has 0 aromatic heterocycles. The summed E-state index contributed by atoms with van der Waals surface area (Å²) in [6.45, 7) is 14.1. The Balaban J connectivity index is 3.77. The molecule has 0 amide bonds. The van der Waals surface area contributed by atoms with Gasteiger partial charge in [0.15, 0.2) is 19.7 Å². The molecule has 3 nitrogen and oxygen atoms in total. The van der Waals surface area contributed by atoms with E-state index in [-0.39, 0.29) is 19.7 Å². The van der Waals surface area contributed by atoms with E-state index in [2.05, 4.69) is 40.7 Å². The van der Waals surface area contributed by atoms with E-state index >= 15 is 0 Å². The van der Waals surface area contributed by atoms with E-state index in [0.29, 0.717) is 0 Å². The van der Waals surface area contributed by atoms with E-state index in [4.69, 9.17) is 0 Å². The van der Waals surface area contributed by atoms with Crippen molar-refractivity contribution in [2.45, 2.75) is 27.7 Å². The van der Waals surface area contributed by atoms with Crippen LogP contribution in [0.1, 0.15) is 27.7 Å². The third kappa shape index (κ3) is 6.10. The minimum absolute atomic E-state index is 0.0633. The maximum Gasteiger partial charge on any atom is 0.159 e. The van der Waals surface area contributed by atoms with Crippen LogP contribution in [0.3, 0.4) is 0 Å². The Bertz CT molecular complexity index is 115. The zero-order valence-corrected chi connectivity index (χ0v) is 15.4. The van der Waals surface area contributed by atoms with Crippen molar-refractivity contribution in [1.82, 2.24) is 13.0 Å². The highest BCUT2D eigenvalue weighted by atomic mass is 28.3. The lowest BCUT2D eigenvalue weighted by Crippen LogP contribution is -2.48. The van der Waals surface area contributed by atoms with Crippen LogP contribution in [-0.4, -0.2) is 69.3 Å². The van der Waals surface area contributed by atoms with Crippen LogP contribution in [0.2, 0.25) is 0 Å². The monoisotopic (exact) mass is 249 g/mol. The smallest absolute Gasteiger partial charge is 0.159 e. The Morgan fingerprint density at radius 1 is 0.786 bits per heavy atom. The molecule has 0 unspecified atom stereocenters. The molecule has 0 N–H and O–H groups in total. The summed E-state index contributed by atoms with van der Waals surface area (Å²) in [5.74, 6) is 0. The summed E-state index contributed by atoms with van der Waals surface area (Å²) in [7, 11) is 1.15. The highest BCUT2D eigenvalue weighted by Crippen LogP contribution is 1.89. The average Bonchev–Trinajstić information content (AvgIpc) is 2.22. The van der Waals surface area contributed by atoms with E-state index in [0.717, 1.165) is 0 Å². The lowest BCUT2D eigenvalue weighted by molar-refractivity contribution is 0.458. The molecule has 0 radical (unpaired) electrons. The number of rotatable bonds is 8. The predicted molar refractivity (Wildman–Crippen MR) is 74.7 cm³/mol. The van der Waals surface area contributed by atoms with E-state index in [1.54, 1.807) is 0 Å². The third-order valence-corrected chi connectivity index (χ3v) is 9.12. The second-order valence-electron chi connectivity index (χ2n) is 3.75. The predicted octanol–water partition coefficient (Wildman–Crippen LogP) is -1.75. The van der Waals surface area contributed by atoms with Gasteiger partial charge >= 0.3 is 0 Å². The first-order valence-corrected chi connectivity index (χ1v) is 9.23. The van der Waals surface area contributed by atoms with E-state index < -0.39 is 0 Å². The van der Waals surface area contributed by atoms with Crippen molar-refractivity contribution in [2.24, 2.45) is 0 Å². The molecule has 0 aliphatic carbocycles. The van der Waals surface area contributed by atoms with Gasteiger partial charge in [-0.3, -0.25) is 0 Å². The van der Waals surface area contributed by atoms with Crippen LogP contribution in [0.4, 0.5) is 0 Å². The summed E-state index contributed by atoms with van der Waals surface area (Å²) >= 11 is 0. The van der Waals surface area contributed by atoms with Crippen molar-refractivity contribution in [3.05, 3.63) is 0 Å². The van der Waals surface area contributed by atoms with Gasteiger partial charge in [-0.05, 0) is 26.2 Å². The van der Waals surface area contributed by atoms with Crippen LogP contribution < -0.4 is 0 Å². The summed E-state index contributed by atoms with van der Waals surface area (Å²) in [6, 6.07) is 0. The van der Waals surface area contributed by atoms with Gasteiger partial charge in [-0.2, -0.15) is 0 Å². The maximum absolute atomic E-state index is 2.79. The Hall–Kier alpha value is 0.531. The molecule has 0 saturated carbocycles. The molecule has 0 aromatic carbocycles. The zero-order chi connectivity index (χ0) is 11.0. The number of hydrogen-bond acceptors (Lipinski definition) is 3. The number of hydrogen-bond donors (Lipinski definition) is 0. The van der Waals surface area contributed by atoms with E-state index in [1.807, 2.05) is 0 Å². The molecule has 0 rings (SSSR count). The average molecular weight is 250 g/mol. The largest absolute Gasteiger partial charge is 0.361 e. The highest BCUT2D eigenvalue weighted by Gasteiger charge is 2.08. The zero-order valence-electron chi connectivity index (χ0n) is 10.6. The first-order chi connectivity index (χ1) is 6.67. The van der Waals surface area contributed by atoms with Crippen LogP contribution in [0, 0.1) is 0 Å². The molecule has 0 aliphatic rings. The highest BCUT2D eigenvalue weighted by molar-refractivity contribution is 6.57. The molecule has 86 valence electrons. The summed E-state index contributed by atoms with van der Waals surface area (Å²) in [5.41, 5.74) is 0. The molecule has 0 atom stereocenters. The molecule has 0 saturated heterocycles. The van der Waals surface area contributed by atoms with Gasteiger partial charge in [-0.25, -0.2) is 0 Å². The maximum atomic E-state index is 2.79. The normalized spacial score (nSPS) is 13.9.